The predicted molar refractivity (Wildman–Crippen MR) is 47.8 cm³/mol. The van der Waals surface area contributed by atoms with Gasteiger partial charge in [0.1, 0.15) is 0 Å². The van der Waals surface area contributed by atoms with Crippen LogP contribution in [0.5, 0.6) is 0 Å². The minimum absolute atomic E-state index is 1.33. The van der Waals surface area contributed by atoms with Gasteiger partial charge in [0, 0.05) is 0 Å². The van der Waals surface area contributed by atoms with Crippen LogP contribution in [-0.4, -0.2) is 0 Å². The zero-order valence-corrected chi connectivity index (χ0v) is 6.54. The average Bonchev–Trinajstić information content (AvgIpc) is 2.17. The van der Waals surface area contributed by atoms with Crippen LogP contribution in [0.25, 0.3) is 11.1 Å². The van der Waals surface area contributed by atoms with Crippen LogP contribution in [-0.2, 0) is 0 Å². The Hall–Kier alpha value is -1.30. The van der Waals surface area contributed by atoms with Crippen molar-refractivity contribution in [3.63, 3.8) is 0 Å². The summed E-state index contributed by atoms with van der Waals surface area (Å²) >= 11 is 0. The third-order valence-electron chi connectivity index (χ3n) is 1.87. The zero-order valence-electron chi connectivity index (χ0n) is 6.54. The van der Waals surface area contributed by atoms with E-state index in [0.29, 0.717) is 0 Å². The molecule has 2 aliphatic rings. The van der Waals surface area contributed by atoms with Crippen LogP contribution >= 0.6 is 0 Å². The van der Waals surface area contributed by atoms with Crippen molar-refractivity contribution in [2.75, 3.05) is 0 Å². The smallest absolute Gasteiger partial charge is 0.0181 e. The molecule has 54 valence electrons. The largest absolute Gasteiger partial charge is 0.0622 e. The van der Waals surface area contributed by atoms with E-state index in [0.717, 1.165) is 0 Å². The summed E-state index contributed by atoms with van der Waals surface area (Å²) in [6, 6.07) is 14.9. The molecule has 0 radical (unpaired) electrons. The van der Waals surface area contributed by atoms with Crippen molar-refractivity contribution in [2.45, 2.75) is 6.92 Å². The molecule has 0 aromatic heterocycles. The Morgan fingerprint density at radius 1 is 0.818 bits per heavy atom. The summed E-state index contributed by atoms with van der Waals surface area (Å²) in [4.78, 5) is 0. The summed E-state index contributed by atoms with van der Waals surface area (Å²) in [5.74, 6) is 0. The Kier molecular flexibility index (Phi) is 1.39. The molecule has 0 unspecified atom stereocenters. The van der Waals surface area contributed by atoms with Gasteiger partial charge in [0.2, 0.25) is 0 Å². The van der Waals surface area contributed by atoms with E-state index in [4.69, 9.17) is 0 Å². The molecule has 0 atom stereocenters. The molecule has 0 amide bonds. The van der Waals surface area contributed by atoms with E-state index in [1.54, 1.807) is 0 Å². The van der Waals surface area contributed by atoms with Gasteiger partial charge in [-0.05, 0) is 23.6 Å². The molecule has 2 aliphatic carbocycles. The standard InChI is InChI=1S/C11H10/c1-9-7-10-5-3-2-4-6-11(10)8-9/h2-8H,1H3. The Labute approximate surface area is 66.8 Å². The Bertz CT molecular complexity index is 305. The molecule has 0 aromatic rings. The van der Waals surface area contributed by atoms with Crippen LogP contribution < -0.4 is 0 Å². The number of hydrogen-bond acceptors (Lipinski definition) is 0. The molecule has 0 heteroatoms. The van der Waals surface area contributed by atoms with Gasteiger partial charge in [-0.15, -0.1) is 0 Å². The third-order valence-corrected chi connectivity index (χ3v) is 1.87. The molecule has 0 spiro atoms. The lowest BCUT2D eigenvalue weighted by atomic mass is 10.2. The summed E-state index contributed by atoms with van der Waals surface area (Å²) in [6.45, 7) is 2.12. The molecule has 0 aromatic carbocycles. The molecule has 11 heavy (non-hydrogen) atoms. The highest BCUT2D eigenvalue weighted by Crippen LogP contribution is 2.23. The maximum absolute atomic E-state index is 2.20. The van der Waals surface area contributed by atoms with E-state index in [2.05, 4.69) is 49.4 Å². The molecular weight excluding hydrogens is 132 g/mol. The van der Waals surface area contributed by atoms with Gasteiger partial charge in [-0.25, -0.2) is 0 Å². The van der Waals surface area contributed by atoms with Crippen molar-refractivity contribution in [3.8, 4) is 11.1 Å². The molecule has 0 N–H and O–H groups in total. The molecule has 0 saturated carbocycles. The molecule has 0 bridgehead atoms. The lowest BCUT2D eigenvalue weighted by Gasteiger charge is -1.85. The summed E-state index contributed by atoms with van der Waals surface area (Å²) in [7, 11) is 0. The first kappa shape index (κ1) is 6.41. The van der Waals surface area contributed by atoms with Crippen LogP contribution in [0.3, 0.4) is 0 Å². The van der Waals surface area contributed by atoms with Crippen molar-refractivity contribution in [1.82, 2.24) is 0 Å². The van der Waals surface area contributed by atoms with Gasteiger partial charge in [-0.1, -0.05) is 42.5 Å². The fourth-order valence-electron chi connectivity index (χ4n) is 1.37. The molecule has 0 saturated heterocycles. The van der Waals surface area contributed by atoms with Gasteiger partial charge in [0.05, 0.1) is 0 Å². The second-order valence-electron chi connectivity index (χ2n) is 2.85. The second-order valence-corrected chi connectivity index (χ2v) is 2.85. The quantitative estimate of drug-likeness (QED) is 0.530. The maximum Gasteiger partial charge on any atom is -0.0181 e. The van der Waals surface area contributed by atoms with Crippen molar-refractivity contribution in [3.05, 3.63) is 48.0 Å². The van der Waals surface area contributed by atoms with Crippen LogP contribution in [0.2, 0.25) is 0 Å². The lowest BCUT2D eigenvalue weighted by Crippen LogP contribution is -1.59. The first-order valence-electron chi connectivity index (χ1n) is 3.82. The van der Waals surface area contributed by atoms with Crippen molar-refractivity contribution >= 4 is 0 Å². The maximum atomic E-state index is 2.20. The highest BCUT2D eigenvalue weighted by molar-refractivity contribution is 5.67. The highest BCUT2D eigenvalue weighted by Gasteiger charge is 1.99. The Balaban J connectivity index is 2.73. The van der Waals surface area contributed by atoms with Crippen molar-refractivity contribution in [1.29, 1.82) is 0 Å². The Morgan fingerprint density at radius 2 is 1.36 bits per heavy atom. The SMILES string of the molecule is Cc1cc2cccccc-2c1. The van der Waals surface area contributed by atoms with Gasteiger partial charge in [0.25, 0.3) is 0 Å². The van der Waals surface area contributed by atoms with E-state index in [1.165, 1.54) is 16.7 Å². The number of aryl methyl sites for hydroxylation is 1. The lowest BCUT2D eigenvalue weighted by molar-refractivity contribution is 1.55. The van der Waals surface area contributed by atoms with Crippen LogP contribution in [0, 0.1) is 6.92 Å². The predicted octanol–water partition coefficient (Wildman–Crippen LogP) is 3.10. The summed E-state index contributed by atoms with van der Waals surface area (Å²) in [5.41, 5.74) is 3.99. The van der Waals surface area contributed by atoms with Gasteiger partial charge in [-0.2, -0.15) is 0 Å². The monoisotopic (exact) mass is 142 g/mol. The van der Waals surface area contributed by atoms with Gasteiger partial charge < -0.3 is 0 Å². The van der Waals surface area contributed by atoms with E-state index < -0.39 is 0 Å². The van der Waals surface area contributed by atoms with Crippen molar-refractivity contribution in [2.24, 2.45) is 0 Å². The topological polar surface area (TPSA) is 0 Å². The minimum Gasteiger partial charge on any atom is -0.0622 e. The van der Waals surface area contributed by atoms with Crippen LogP contribution in [0.4, 0.5) is 0 Å². The van der Waals surface area contributed by atoms with E-state index in [1.807, 2.05) is 0 Å². The Morgan fingerprint density at radius 3 is 1.91 bits per heavy atom. The molecule has 0 aliphatic heterocycles. The first-order valence-corrected chi connectivity index (χ1v) is 3.82. The number of hydrogen-bond donors (Lipinski definition) is 0. The highest BCUT2D eigenvalue weighted by atomic mass is 14.0. The van der Waals surface area contributed by atoms with E-state index >= 15 is 0 Å². The van der Waals surface area contributed by atoms with Crippen molar-refractivity contribution < 1.29 is 0 Å². The minimum atomic E-state index is 1.33. The normalized spacial score (nSPS) is 10.3. The fourth-order valence-corrected chi connectivity index (χ4v) is 1.37. The van der Waals surface area contributed by atoms with Gasteiger partial charge in [-0.3, -0.25) is 0 Å². The third kappa shape index (κ3) is 1.12. The molecule has 0 fully saturated rings. The second kappa shape index (κ2) is 2.39. The summed E-state index contributed by atoms with van der Waals surface area (Å²) in [6.07, 6.45) is 0. The number of rotatable bonds is 0. The first-order chi connectivity index (χ1) is 5.36. The molecular formula is C11H10. The molecule has 0 nitrogen and oxygen atoms in total. The van der Waals surface area contributed by atoms with Crippen LogP contribution in [0.15, 0.2) is 42.5 Å². The van der Waals surface area contributed by atoms with Crippen LogP contribution in [0.1, 0.15) is 5.56 Å². The number of fused-ring (bicyclic) bond motifs is 1. The van der Waals surface area contributed by atoms with E-state index in [9.17, 15) is 0 Å². The molecule has 0 heterocycles. The van der Waals surface area contributed by atoms with E-state index in [-0.39, 0.29) is 0 Å². The average molecular weight is 142 g/mol. The van der Waals surface area contributed by atoms with Gasteiger partial charge in [0.15, 0.2) is 0 Å². The summed E-state index contributed by atoms with van der Waals surface area (Å²) in [5, 5.41) is 0. The molecule has 2 rings (SSSR count). The van der Waals surface area contributed by atoms with Gasteiger partial charge >= 0.3 is 0 Å². The summed E-state index contributed by atoms with van der Waals surface area (Å²) < 4.78 is 0. The fraction of sp³-hybridized carbons (Fsp3) is 0.0909. The zero-order chi connectivity index (χ0) is 7.68.